The number of aryl methyl sites for hydroxylation is 1. The molecular formula is C14H17N3O2S. The molecule has 1 aromatic heterocycles. The first-order valence-electron chi connectivity index (χ1n) is 6.29. The van der Waals surface area contributed by atoms with E-state index in [-0.39, 0.29) is 5.91 Å². The number of benzene rings is 1. The smallest absolute Gasteiger partial charge is 0.223 e. The predicted octanol–water partition coefficient (Wildman–Crippen LogP) is 2.12. The molecule has 0 unspecified atom stereocenters. The fraction of sp³-hybridized carbons (Fsp3) is 0.286. The van der Waals surface area contributed by atoms with Crippen LogP contribution in [0.2, 0.25) is 0 Å². The average molecular weight is 291 g/mol. The Balaban J connectivity index is 1.67. The zero-order chi connectivity index (χ0) is 14.4. The van der Waals surface area contributed by atoms with Crippen LogP contribution in [0.1, 0.15) is 17.1 Å². The van der Waals surface area contributed by atoms with Gasteiger partial charge in [0.2, 0.25) is 5.91 Å². The zero-order valence-electron chi connectivity index (χ0n) is 11.3. The van der Waals surface area contributed by atoms with Crippen molar-refractivity contribution in [2.75, 3.05) is 12.3 Å². The molecule has 1 amide bonds. The number of anilines is 1. The van der Waals surface area contributed by atoms with E-state index in [0.717, 1.165) is 10.7 Å². The van der Waals surface area contributed by atoms with E-state index in [2.05, 4.69) is 10.3 Å². The molecule has 0 atom stereocenters. The van der Waals surface area contributed by atoms with Crippen LogP contribution in [-0.2, 0) is 11.3 Å². The number of thiazole rings is 1. The summed E-state index contributed by atoms with van der Waals surface area (Å²) in [4.78, 5) is 15.9. The van der Waals surface area contributed by atoms with Crippen molar-refractivity contribution in [3.8, 4) is 5.75 Å². The molecule has 0 aliphatic heterocycles. The van der Waals surface area contributed by atoms with Gasteiger partial charge in [0.05, 0.1) is 30.3 Å². The van der Waals surface area contributed by atoms with E-state index in [1.165, 1.54) is 0 Å². The van der Waals surface area contributed by atoms with Crippen molar-refractivity contribution in [2.24, 2.45) is 0 Å². The van der Waals surface area contributed by atoms with Gasteiger partial charge in [-0.05, 0) is 19.1 Å². The van der Waals surface area contributed by atoms with Gasteiger partial charge in [-0.2, -0.15) is 0 Å². The molecule has 0 spiro atoms. The molecule has 2 rings (SSSR count). The zero-order valence-corrected chi connectivity index (χ0v) is 12.1. The number of nitrogens with zero attached hydrogens (tertiary/aromatic N) is 1. The number of hydrogen-bond acceptors (Lipinski definition) is 5. The SMILES string of the molecule is Cc1nc(CNC(=O)CCOc2cccc(N)c2)cs1. The standard InChI is InChI=1S/C14H17N3O2S/c1-10-17-12(9-20-10)8-16-14(18)5-6-19-13-4-2-3-11(15)7-13/h2-4,7,9H,5-6,8,15H2,1H3,(H,16,18). The number of rotatable bonds is 6. The van der Waals surface area contributed by atoms with E-state index < -0.39 is 0 Å². The molecule has 1 aromatic carbocycles. The quantitative estimate of drug-likeness (QED) is 0.799. The second-order valence-electron chi connectivity index (χ2n) is 4.31. The van der Waals surface area contributed by atoms with Crippen molar-refractivity contribution >= 4 is 22.9 Å². The first kappa shape index (κ1) is 14.3. The highest BCUT2D eigenvalue weighted by Crippen LogP contribution is 2.14. The van der Waals surface area contributed by atoms with Gasteiger partial charge in [-0.1, -0.05) is 6.07 Å². The van der Waals surface area contributed by atoms with Gasteiger partial charge in [0.1, 0.15) is 5.75 Å². The minimum absolute atomic E-state index is 0.0560. The molecule has 0 aliphatic carbocycles. The van der Waals surface area contributed by atoms with E-state index in [4.69, 9.17) is 10.5 Å². The highest BCUT2D eigenvalue weighted by Gasteiger charge is 2.04. The highest BCUT2D eigenvalue weighted by atomic mass is 32.1. The Morgan fingerprint density at radius 1 is 1.50 bits per heavy atom. The summed E-state index contributed by atoms with van der Waals surface area (Å²) in [5, 5.41) is 5.75. The fourth-order valence-electron chi connectivity index (χ4n) is 1.63. The maximum Gasteiger partial charge on any atom is 0.223 e. The molecule has 2 aromatic rings. The highest BCUT2D eigenvalue weighted by molar-refractivity contribution is 7.09. The number of aromatic nitrogens is 1. The van der Waals surface area contributed by atoms with Gasteiger partial charge < -0.3 is 15.8 Å². The van der Waals surface area contributed by atoms with Crippen molar-refractivity contribution in [1.29, 1.82) is 0 Å². The number of nitrogens with one attached hydrogen (secondary N) is 1. The van der Waals surface area contributed by atoms with Gasteiger partial charge in [-0.3, -0.25) is 4.79 Å². The van der Waals surface area contributed by atoms with Crippen LogP contribution < -0.4 is 15.8 Å². The summed E-state index contributed by atoms with van der Waals surface area (Å²) in [6.07, 6.45) is 0.303. The number of nitrogen functional groups attached to an aromatic ring is 1. The Hall–Kier alpha value is -2.08. The van der Waals surface area contributed by atoms with Gasteiger partial charge >= 0.3 is 0 Å². The van der Waals surface area contributed by atoms with Gasteiger partial charge in [-0.25, -0.2) is 4.98 Å². The van der Waals surface area contributed by atoms with Crippen LogP contribution in [0.4, 0.5) is 5.69 Å². The third kappa shape index (κ3) is 4.55. The number of carbonyl (C=O) groups excluding carboxylic acids is 1. The minimum atomic E-state index is -0.0560. The lowest BCUT2D eigenvalue weighted by Gasteiger charge is -2.07. The lowest BCUT2D eigenvalue weighted by Crippen LogP contribution is -2.24. The second-order valence-corrected chi connectivity index (χ2v) is 5.37. The van der Waals surface area contributed by atoms with Crippen LogP contribution in [0.3, 0.4) is 0 Å². The van der Waals surface area contributed by atoms with E-state index >= 15 is 0 Å². The number of carbonyl (C=O) groups is 1. The molecule has 0 saturated carbocycles. The van der Waals surface area contributed by atoms with Gasteiger partial charge in [0.25, 0.3) is 0 Å². The summed E-state index contributed by atoms with van der Waals surface area (Å²) < 4.78 is 5.46. The van der Waals surface area contributed by atoms with E-state index in [1.807, 2.05) is 24.4 Å². The number of amides is 1. The van der Waals surface area contributed by atoms with Crippen molar-refractivity contribution in [2.45, 2.75) is 19.9 Å². The molecule has 3 N–H and O–H groups in total. The Kier molecular flexibility index (Phi) is 4.95. The monoisotopic (exact) mass is 291 g/mol. The Morgan fingerprint density at radius 3 is 3.05 bits per heavy atom. The molecule has 5 nitrogen and oxygen atoms in total. The molecule has 0 aliphatic rings. The van der Waals surface area contributed by atoms with E-state index in [1.54, 1.807) is 23.5 Å². The van der Waals surface area contributed by atoms with Gasteiger partial charge in [-0.15, -0.1) is 11.3 Å². The van der Waals surface area contributed by atoms with Crippen molar-refractivity contribution in [3.63, 3.8) is 0 Å². The van der Waals surface area contributed by atoms with Crippen LogP contribution in [0.5, 0.6) is 5.75 Å². The Labute approximate surface area is 121 Å². The minimum Gasteiger partial charge on any atom is -0.493 e. The molecule has 106 valence electrons. The molecule has 1 heterocycles. The van der Waals surface area contributed by atoms with Crippen molar-refractivity contribution < 1.29 is 9.53 Å². The number of ether oxygens (including phenoxy) is 1. The maximum atomic E-state index is 11.6. The number of hydrogen-bond donors (Lipinski definition) is 2. The lowest BCUT2D eigenvalue weighted by molar-refractivity contribution is -0.121. The van der Waals surface area contributed by atoms with E-state index in [9.17, 15) is 4.79 Å². The second kappa shape index (κ2) is 6.91. The molecule has 0 fully saturated rings. The predicted molar refractivity (Wildman–Crippen MR) is 79.7 cm³/mol. The van der Waals surface area contributed by atoms with Crippen LogP contribution in [0.25, 0.3) is 0 Å². The molecule has 0 saturated heterocycles. The Bertz CT molecular complexity index is 583. The third-order valence-electron chi connectivity index (χ3n) is 2.59. The molecule has 6 heteroatoms. The largest absolute Gasteiger partial charge is 0.493 e. The maximum absolute atomic E-state index is 11.6. The van der Waals surface area contributed by atoms with Crippen LogP contribution in [-0.4, -0.2) is 17.5 Å². The molecule has 0 radical (unpaired) electrons. The Morgan fingerprint density at radius 2 is 2.35 bits per heavy atom. The third-order valence-corrected chi connectivity index (χ3v) is 3.41. The molecule has 20 heavy (non-hydrogen) atoms. The van der Waals surface area contributed by atoms with Gasteiger partial charge in [0, 0.05) is 17.1 Å². The van der Waals surface area contributed by atoms with Gasteiger partial charge in [0.15, 0.2) is 0 Å². The van der Waals surface area contributed by atoms with E-state index in [0.29, 0.717) is 31.0 Å². The summed E-state index contributed by atoms with van der Waals surface area (Å²) in [7, 11) is 0. The fourth-order valence-corrected chi connectivity index (χ4v) is 2.25. The summed E-state index contributed by atoms with van der Waals surface area (Å²) in [6, 6.07) is 7.15. The molecule has 0 bridgehead atoms. The van der Waals surface area contributed by atoms with Crippen molar-refractivity contribution in [3.05, 3.63) is 40.3 Å². The topological polar surface area (TPSA) is 77.2 Å². The summed E-state index contributed by atoms with van der Waals surface area (Å²) >= 11 is 1.57. The lowest BCUT2D eigenvalue weighted by atomic mass is 10.3. The summed E-state index contributed by atoms with van der Waals surface area (Å²) in [6.45, 7) is 2.72. The average Bonchev–Trinajstić information content (AvgIpc) is 2.82. The summed E-state index contributed by atoms with van der Waals surface area (Å²) in [5.41, 5.74) is 7.17. The molecular weight excluding hydrogens is 274 g/mol. The first-order chi connectivity index (χ1) is 9.63. The first-order valence-corrected chi connectivity index (χ1v) is 7.17. The van der Waals surface area contributed by atoms with Crippen LogP contribution >= 0.6 is 11.3 Å². The summed E-state index contributed by atoms with van der Waals surface area (Å²) in [5.74, 6) is 0.618. The van der Waals surface area contributed by atoms with Crippen molar-refractivity contribution in [1.82, 2.24) is 10.3 Å². The van der Waals surface area contributed by atoms with Crippen LogP contribution in [0.15, 0.2) is 29.6 Å². The van der Waals surface area contributed by atoms with Crippen LogP contribution in [0, 0.1) is 6.92 Å². The normalized spacial score (nSPS) is 10.2. The number of nitrogens with two attached hydrogens (primary N) is 1.